The van der Waals surface area contributed by atoms with Gasteiger partial charge in [0.1, 0.15) is 6.04 Å². The van der Waals surface area contributed by atoms with Gasteiger partial charge in [0, 0.05) is 13.1 Å². The van der Waals surface area contributed by atoms with E-state index < -0.39 is 6.04 Å². The Bertz CT molecular complexity index is 231. The number of hydrogen-bond acceptors (Lipinski definition) is 4. The molecule has 0 radical (unpaired) electrons. The summed E-state index contributed by atoms with van der Waals surface area (Å²) in [6.07, 6.45) is 1.96. The lowest BCUT2D eigenvalue weighted by atomic mass is 9.95. The molecule has 4 nitrogen and oxygen atoms in total. The average molecular weight is 228 g/mol. The van der Waals surface area contributed by atoms with E-state index >= 15 is 0 Å². The number of rotatable bonds is 5. The van der Waals surface area contributed by atoms with Gasteiger partial charge in [0.05, 0.1) is 7.11 Å². The van der Waals surface area contributed by atoms with Crippen LogP contribution in [0.15, 0.2) is 0 Å². The van der Waals surface area contributed by atoms with Gasteiger partial charge in [-0.1, -0.05) is 13.8 Å². The third-order valence-electron chi connectivity index (χ3n) is 3.51. The molecule has 0 amide bonds. The number of nitrogens with zero attached hydrogens (tertiary/aromatic N) is 1. The molecule has 1 saturated heterocycles. The van der Waals surface area contributed by atoms with Crippen LogP contribution < -0.4 is 5.73 Å². The van der Waals surface area contributed by atoms with E-state index in [0.29, 0.717) is 6.42 Å². The SMILES string of the molecule is COC(=O)C(N)CCN1CCC(C(C)C)C1. The number of nitrogens with two attached hydrogens (primary N) is 1. The summed E-state index contributed by atoms with van der Waals surface area (Å²) < 4.78 is 4.60. The topological polar surface area (TPSA) is 55.6 Å². The van der Waals surface area contributed by atoms with Gasteiger partial charge in [-0.05, 0) is 31.2 Å². The minimum absolute atomic E-state index is 0.306. The van der Waals surface area contributed by atoms with Crippen molar-refractivity contribution in [1.29, 1.82) is 0 Å². The van der Waals surface area contributed by atoms with Gasteiger partial charge in [-0.2, -0.15) is 0 Å². The highest BCUT2D eigenvalue weighted by Crippen LogP contribution is 2.23. The molecule has 2 atom stereocenters. The lowest BCUT2D eigenvalue weighted by Crippen LogP contribution is -2.36. The van der Waals surface area contributed by atoms with Crippen molar-refractivity contribution in [2.24, 2.45) is 17.6 Å². The van der Waals surface area contributed by atoms with Crippen LogP contribution in [-0.2, 0) is 9.53 Å². The second kappa shape index (κ2) is 6.21. The van der Waals surface area contributed by atoms with Crippen molar-refractivity contribution in [2.75, 3.05) is 26.7 Å². The molecule has 0 bridgehead atoms. The molecule has 94 valence electrons. The second-order valence-electron chi connectivity index (χ2n) is 5.01. The standard InChI is InChI=1S/C12H24N2O2/c1-9(2)10-4-6-14(8-10)7-5-11(13)12(15)16-3/h9-11H,4-8,13H2,1-3H3. The van der Waals surface area contributed by atoms with Crippen molar-refractivity contribution in [2.45, 2.75) is 32.7 Å². The zero-order chi connectivity index (χ0) is 12.1. The van der Waals surface area contributed by atoms with Gasteiger partial charge < -0.3 is 15.4 Å². The molecule has 0 aliphatic carbocycles. The van der Waals surface area contributed by atoms with Crippen molar-refractivity contribution in [1.82, 2.24) is 4.90 Å². The van der Waals surface area contributed by atoms with Gasteiger partial charge in [0.15, 0.2) is 0 Å². The van der Waals surface area contributed by atoms with Crippen molar-refractivity contribution in [3.8, 4) is 0 Å². The van der Waals surface area contributed by atoms with Gasteiger partial charge >= 0.3 is 5.97 Å². The molecule has 1 rings (SSSR count). The molecular weight excluding hydrogens is 204 g/mol. The first-order valence-electron chi connectivity index (χ1n) is 6.10. The van der Waals surface area contributed by atoms with Crippen molar-refractivity contribution >= 4 is 5.97 Å². The molecule has 0 spiro atoms. The van der Waals surface area contributed by atoms with Crippen LogP contribution in [0.1, 0.15) is 26.7 Å². The summed E-state index contributed by atoms with van der Waals surface area (Å²) in [5.41, 5.74) is 5.70. The Balaban J connectivity index is 2.22. The Kier molecular flexibility index (Phi) is 5.22. The molecule has 2 unspecified atom stereocenters. The Morgan fingerprint density at radius 3 is 2.75 bits per heavy atom. The first-order valence-corrected chi connectivity index (χ1v) is 6.10. The predicted octanol–water partition coefficient (Wildman–Crippen LogP) is 0.855. The molecule has 1 fully saturated rings. The summed E-state index contributed by atoms with van der Waals surface area (Å²) in [4.78, 5) is 13.5. The average Bonchev–Trinajstić information content (AvgIpc) is 2.73. The highest BCUT2D eigenvalue weighted by Gasteiger charge is 2.25. The predicted molar refractivity (Wildman–Crippen MR) is 64.0 cm³/mol. The van der Waals surface area contributed by atoms with Crippen molar-refractivity contribution in [3.63, 3.8) is 0 Å². The number of methoxy groups -OCH3 is 1. The molecule has 4 heteroatoms. The maximum Gasteiger partial charge on any atom is 0.322 e. The van der Waals surface area contributed by atoms with Crippen LogP contribution in [0.5, 0.6) is 0 Å². The van der Waals surface area contributed by atoms with Crippen LogP contribution in [-0.4, -0.2) is 43.7 Å². The van der Waals surface area contributed by atoms with Gasteiger partial charge in [-0.3, -0.25) is 4.79 Å². The largest absolute Gasteiger partial charge is 0.468 e. The lowest BCUT2D eigenvalue weighted by Gasteiger charge is -2.19. The van der Waals surface area contributed by atoms with E-state index in [1.807, 2.05) is 0 Å². The minimum atomic E-state index is -0.469. The van der Waals surface area contributed by atoms with E-state index in [1.165, 1.54) is 13.5 Å². The van der Waals surface area contributed by atoms with E-state index in [0.717, 1.165) is 31.5 Å². The lowest BCUT2D eigenvalue weighted by molar-refractivity contribution is -0.142. The van der Waals surface area contributed by atoms with E-state index in [9.17, 15) is 4.79 Å². The highest BCUT2D eigenvalue weighted by molar-refractivity contribution is 5.75. The zero-order valence-corrected chi connectivity index (χ0v) is 10.6. The van der Waals surface area contributed by atoms with Crippen LogP contribution in [0, 0.1) is 11.8 Å². The van der Waals surface area contributed by atoms with E-state index in [-0.39, 0.29) is 5.97 Å². The Morgan fingerprint density at radius 2 is 2.25 bits per heavy atom. The third-order valence-corrected chi connectivity index (χ3v) is 3.51. The van der Waals surface area contributed by atoms with Crippen molar-refractivity contribution in [3.05, 3.63) is 0 Å². The molecule has 2 N–H and O–H groups in total. The quantitative estimate of drug-likeness (QED) is 0.709. The van der Waals surface area contributed by atoms with E-state index in [1.54, 1.807) is 0 Å². The summed E-state index contributed by atoms with van der Waals surface area (Å²) in [6.45, 7) is 7.73. The first-order chi connectivity index (χ1) is 7.54. The number of carbonyl (C=O) groups is 1. The minimum Gasteiger partial charge on any atom is -0.468 e. The zero-order valence-electron chi connectivity index (χ0n) is 10.6. The Morgan fingerprint density at radius 1 is 1.56 bits per heavy atom. The Hall–Kier alpha value is -0.610. The highest BCUT2D eigenvalue weighted by atomic mass is 16.5. The van der Waals surface area contributed by atoms with Crippen LogP contribution in [0.3, 0.4) is 0 Å². The molecule has 16 heavy (non-hydrogen) atoms. The van der Waals surface area contributed by atoms with Gasteiger partial charge in [-0.15, -0.1) is 0 Å². The number of ether oxygens (including phenoxy) is 1. The molecule has 1 aliphatic rings. The molecular formula is C12H24N2O2. The maximum absolute atomic E-state index is 11.1. The van der Waals surface area contributed by atoms with Crippen molar-refractivity contribution < 1.29 is 9.53 Å². The number of esters is 1. The number of hydrogen-bond donors (Lipinski definition) is 1. The fraction of sp³-hybridized carbons (Fsp3) is 0.917. The fourth-order valence-corrected chi connectivity index (χ4v) is 2.20. The summed E-state index contributed by atoms with van der Waals surface area (Å²) in [5, 5.41) is 0. The van der Waals surface area contributed by atoms with Crippen LogP contribution in [0.4, 0.5) is 0 Å². The van der Waals surface area contributed by atoms with Crippen LogP contribution in [0.25, 0.3) is 0 Å². The van der Waals surface area contributed by atoms with Gasteiger partial charge in [0.25, 0.3) is 0 Å². The van der Waals surface area contributed by atoms with Crippen LogP contribution >= 0.6 is 0 Å². The normalized spacial score (nSPS) is 23.7. The first kappa shape index (κ1) is 13.5. The summed E-state index contributed by atoms with van der Waals surface area (Å²) in [5.74, 6) is 1.24. The maximum atomic E-state index is 11.1. The third kappa shape index (κ3) is 3.76. The molecule has 1 heterocycles. The van der Waals surface area contributed by atoms with Gasteiger partial charge in [0.2, 0.25) is 0 Å². The van der Waals surface area contributed by atoms with E-state index in [4.69, 9.17) is 5.73 Å². The monoisotopic (exact) mass is 228 g/mol. The van der Waals surface area contributed by atoms with Gasteiger partial charge in [-0.25, -0.2) is 0 Å². The number of carbonyl (C=O) groups excluding carboxylic acids is 1. The summed E-state index contributed by atoms with van der Waals surface area (Å²) >= 11 is 0. The molecule has 0 aromatic carbocycles. The molecule has 0 aromatic heterocycles. The van der Waals surface area contributed by atoms with E-state index in [2.05, 4.69) is 23.5 Å². The summed E-state index contributed by atoms with van der Waals surface area (Å²) in [6, 6.07) is -0.469. The summed E-state index contributed by atoms with van der Waals surface area (Å²) in [7, 11) is 1.38. The molecule has 1 aliphatic heterocycles. The number of likely N-dealkylation sites (tertiary alicyclic amines) is 1. The smallest absolute Gasteiger partial charge is 0.322 e. The molecule has 0 saturated carbocycles. The molecule has 0 aromatic rings. The fourth-order valence-electron chi connectivity index (χ4n) is 2.20. The Labute approximate surface area is 98.1 Å². The second-order valence-corrected chi connectivity index (χ2v) is 5.01. The van der Waals surface area contributed by atoms with Crippen LogP contribution in [0.2, 0.25) is 0 Å².